The van der Waals surface area contributed by atoms with Crippen molar-refractivity contribution >= 4 is 27.5 Å². The maximum absolute atomic E-state index is 16.4. The Morgan fingerprint density at radius 1 is 0.947 bits per heavy atom. The molecule has 0 radical (unpaired) electrons. The molecule has 2 bridgehead atoms. The van der Waals surface area contributed by atoms with Crippen molar-refractivity contribution in [3.8, 4) is 22.9 Å². The topological polar surface area (TPSA) is 90.7 Å². The molecule has 0 amide bonds. The first-order valence-electron chi connectivity index (χ1n) is 13.6. The maximum Gasteiger partial charge on any atom is 0.319 e. The van der Waals surface area contributed by atoms with Gasteiger partial charge in [0.1, 0.15) is 17.1 Å². The molecule has 0 spiro atoms. The van der Waals surface area contributed by atoms with Crippen LogP contribution in [0.25, 0.3) is 32.8 Å². The summed E-state index contributed by atoms with van der Waals surface area (Å²) in [5.41, 5.74) is 1.20. The molecular formula is C30H31FN4O3. The summed E-state index contributed by atoms with van der Waals surface area (Å²) < 4.78 is 22.5. The van der Waals surface area contributed by atoms with Crippen LogP contribution in [0.15, 0.2) is 48.5 Å². The first kappa shape index (κ1) is 23.6. The Hall–Kier alpha value is -3.49. The molecule has 7 nitrogen and oxygen atoms in total. The van der Waals surface area contributed by atoms with Gasteiger partial charge in [0.15, 0.2) is 5.82 Å². The zero-order chi connectivity index (χ0) is 25.8. The Labute approximate surface area is 220 Å². The average molecular weight is 515 g/mol. The normalized spacial score (nSPS) is 24.9. The van der Waals surface area contributed by atoms with Gasteiger partial charge in [0, 0.05) is 36.1 Å². The Bertz CT molecular complexity index is 1520. The molecule has 2 saturated heterocycles. The number of benzene rings is 3. The number of ether oxygens (including phenoxy) is 1. The standard InChI is InChI=1S/C30H31FN4O3/c31-27-24(26-13-22(37)12-18-3-1-2-4-23(18)26)9-10-25-28(27)33-30(38-16-17-5-8-21(36)11-17)34-29(25)35-14-19-6-7-20(15-35)32-19/h1-4,9-10,12-13,17,19-21,32,36-37H,5-8,11,14-16H2. The van der Waals surface area contributed by atoms with Crippen molar-refractivity contribution in [2.24, 2.45) is 5.92 Å². The molecule has 1 aliphatic carbocycles. The number of phenols is 1. The molecule has 3 fully saturated rings. The SMILES string of the molecule is Oc1cc(-c2ccc3c(N4CC5CCC(C4)N5)nc(OCC4CCC(O)C4)nc3c2F)c2ccccc2c1. The number of piperazine rings is 1. The molecule has 1 aromatic heterocycles. The summed E-state index contributed by atoms with van der Waals surface area (Å²) in [4.78, 5) is 11.6. The van der Waals surface area contributed by atoms with E-state index in [9.17, 15) is 10.2 Å². The molecule has 4 unspecified atom stereocenters. The van der Waals surface area contributed by atoms with Crippen molar-refractivity contribution in [2.75, 3.05) is 24.6 Å². The van der Waals surface area contributed by atoms with Crippen LogP contribution in [0.1, 0.15) is 32.1 Å². The van der Waals surface area contributed by atoms with Crippen LogP contribution in [0.3, 0.4) is 0 Å². The molecule has 3 aromatic carbocycles. The minimum absolute atomic E-state index is 0.0839. The number of nitrogens with one attached hydrogen (secondary N) is 1. The first-order valence-corrected chi connectivity index (χ1v) is 13.6. The lowest BCUT2D eigenvalue weighted by molar-refractivity contribution is 0.165. The predicted molar refractivity (Wildman–Crippen MR) is 145 cm³/mol. The van der Waals surface area contributed by atoms with E-state index in [0.717, 1.165) is 49.5 Å². The lowest BCUT2D eigenvalue weighted by atomic mass is 9.96. The number of rotatable bonds is 5. The molecular weight excluding hydrogens is 483 g/mol. The Morgan fingerprint density at radius 3 is 2.55 bits per heavy atom. The van der Waals surface area contributed by atoms with E-state index in [1.165, 1.54) is 0 Å². The number of nitrogens with zero attached hydrogens (tertiary/aromatic N) is 3. The molecule has 3 aliphatic rings. The van der Waals surface area contributed by atoms with Crippen LogP contribution in [-0.2, 0) is 0 Å². The monoisotopic (exact) mass is 514 g/mol. The van der Waals surface area contributed by atoms with Gasteiger partial charge in [-0.25, -0.2) is 4.39 Å². The van der Waals surface area contributed by atoms with E-state index in [4.69, 9.17) is 9.72 Å². The number of aromatic hydroxyl groups is 1. The zero-order valence-electron chi connectivity index (χ0n) is 21.1. The second-order valence-electron chi connectivity index (χ2n) is 11.1. The summed E-state index contributed by atoms with van der Waals surface area (Å²) in [5, 5.41) is 26.3. The molecule has 3 heterocycles. The van der Waals surface area contributed by atoms with Gasteiger partial charge < -0.3 is 25.2 Å². The van der Waals surface area contributed by atoms with E-state index in [0.29, 0.717) is 47.4 Å². The summed E-state index contributed by atoms with van der Waals surface area (Å²) in [6.07, 6.45) is 4.33. The molecule has 8 heteroatoms. The molecule has 196 valence electrons. The van der Waals surface area contributed by atoms with E-state index >= 15 is 4.39 Å². The van der Waals surface area contributed by atoms with Crippen molar-refractivity contribution in [1.29, 1.82) is 0 Å². The van der Waals surface area contributed by atoms with Crippen LogP contribution in [-0.4, -0.2) is 58.1 Å². The van der Waals surface area contributed by atoms with Gasteiger partial charge in [0.25, 0.3) is 0 Å². The largest absolute Gasteiger partial charge is 0.508 e. The summed E-state index contributed by atoms with van der Waals surface area (Å²) >= 11 is 0. The third kappa shape index (κ3) is 4.22. The highest BCUT2D eigenvalue weighted by Gasteiger charge is 2.34. The molecule has 3 N–H and O–H groups in total. The fourth-order valence-electron chi connectivity index (χ4n) is 6.52. The van der Waals surface area contributed by atoms with Crippen LogP contribution in [0.2, 0.25) is 0 Å². The number of phenolic OH excluding ortho intramolecular Hbond substituents is 1. The van der Waals surface area contributed by atoms with E-state index in [1.807, 2.05) is 30.3 Å². The number of aromatic nitrogens is 2. The smallest absolute Gasteiger partial charge is 0.319 e. The second-order valence-corrected chi connectivity index (χ2v) is 11.1. The fourth-order valence-corrected chi connectivity index (χ4v) is 6.52. The van der Waals surface area contributed by atoms with Gasteiger partial charge in [0.2, 0.25) is 0 Å². The Morgan fingerprint density at radius 2 is 1.76 bits per heavy atom. The van der Waals surface area contributed by atoms with E-state index in [-0.39, 0.29) is 29.3 Å². The van der Waals surface area contributed by atoms with E-state index in [2.05, 4.69) is 15.2 Å². The summed E-state index contributed by atoms with van der Waals surface area (Å²) in [5.74, 6) is 0.556. The van der Waals surface area contributed by atoms with Gasteiger partial charge in [-0.3, -0.25) is 0 Å². The molecule has 7 rings (SSSR count). The van der Waals surface area contributed by atoms with Gasteiger partial charge in [-0.15, -0.1) is 0 Å². The first-order chi connectivity index (χ1) is 18.5. The van der Waals surface area contributed by atoms with Crippen LogP contribution in [0, 0.1) is 11.7 Å². The number of fused-ring (bicyclic) bond motifs is 4. The average Bonchev–Trinajstić information content (AvgIpc) is 3.50. The highest BCUT2D eigenvalue weighted by atomic mass is 19.1. The number of aliphatic hydroxyl groups is 1. The number of hydrogen-bond acceptors (Lipinski definition) is 7. The summed E-state index contributed by atoms with van der Waals surface area (Å²) in [6.45, 7) is 2.00. The van der Waals surface area contributed by atoms with Crippen LogP contribution < -0.4 is 15.0 Å². The van der Waals surface area contributed by atoms with Crippen molar-refractivity contribution in [3.05, 3.63) is 54.3 Å². The van der Waals surface area contributed by atoms with Crippen LogP contribution >= 0.6 is 0 Å². The zero-order valence-corrected chi connectivity index (χ0v) is 21.1. The van der Waals surface area contributed by atoms with Gasteiger partial charge >= 0.3 is 6.01 Å². The molecule has 4 atom stereocenters. The summed E-state index contributed by atoms with van der Waals surface area (Å²) in [6, 6.07) is 15.5. The van der Waals surface area contributed by atoms with Crippen molar-refractivity contribution in [3.63, 3.8) is 0 Å². The minimum atomic E-state index is -0.457. The molecule has 1 saturated carbocycles. The number of anilines is 1. The van der Waals surface area contributed by atoms with Crippen LogP contribution in [0.5, 0.6) is 11.8 Å². The highest BCUT2D eigenvalue weighted by Crippen LogP contribution is 2.39. The van der Waals surface area contributed by atoms with Crippen molar-refractivity contribution < 1.29 is 19.3 Å². The Kier molecular flexibility index (Phi) is 5.82. The predicted octanol–water partition coefficient (Wildman–Crippen LogP) is 4.78. The summed E-state index contributed by atoms with van der Waals surface area (Å²) in [7, 11) is 0. The number of aliphatic hydroxyl groups excluding tert-OH is 1. The van der Waals surface area contributed by atoms with Gasteiger partial charge in [-0.05, 0) is 72.6 Å². The molecule has 2 aliphatic heterocycles. The van der Waals surface area contributed by atoms with Gasteiger partial charge in [-0.2, -0.15) is 9.97 Å². The van der Waals surface area contributed by atoms with Gasteiger partial charge in [0.05, 0.1) is 12.7 Å². The third-order valence-electron chi connectivity index (χ3n) is 8.38. The number of hydrogen-bond donors (Lipinski definition) is 3. The quantitative estimate of drug-likeness (QED) is 0.353. The van der Waals surface area contributed by atoms with Crippen molar-refractivity contribution in [1.82, 2.24) is 15.3 Å². The minimum Gasteiger partial charge on any atom is -0.508 e. The highest BCUT2D eigenvalue weighted by molar-refractivity contribution is 6.01. The van der Waals surface area contributed by atoms with E-state index in [1.54, 1.807) is 18.2 Å². The fraction of sp³-hybridized carbons (Fsp3) is 0.400. The maximum atomic E-state index is 16.4. The second kappa shape index (κ2) is 9.36. The molecule has 38 heavy (non-hydrogen) atoms. The van der Waals surface area contributed by atoms with Crippen molar-refractivity contribution in [2.45, 2.75) is 50.3 Å². The third-order valence-corrected chi connectivity index (χ3v) is 8.38. The lowest BCUT2D eigenvalue weighted by Crippen LogP contribution is -2.51. The van der Waals surface area contributed by atoms with Gasteiger partial charge in [-0.1, -0.05) is 30.3 Å². The van der Waals surface area contributed by atoms with Crippen LogP contribution in [0.4, 0.5) is 10.2 Å². The molecule has 4 aromatic rings. The number of halogens is 1. The Balaban J connectivity index is 1.35. The lowest BCUT2D eigenvalue weighted by Gasteiger charge is -2.34. The van der Waals surface area contributed by atoms with E-state index < -0.39 is 5.82 Å².